The molecule has 0 spiro atoms. The summed E-state index contributed by atoms with van der Waals surface area (Å²) in [5.74, 6) is -1.74. The van der Waals surface area contributed by atoms with Gasteiger partial charge in [-0.2, -0.15) is 4.31 Å². The van der Waals surface area contributed by atoms with Crippen molar-refractivity contribution in [2.24, 2.45) is 0 Å². The molecule has 1 aliphatic heterocycles. The van der Waals surface area contributed by atoms with E-state index in [-0.39, 0.29) is 31.2 Å². The number of carboxylic acid groups (broad SMARTS) is 1. The van der Waals surface area contributed by atoms with Crippen molar-refractivity contribution in [3.8, 4) is 0 Å². The van der Waals surface area contributed by atoms with E-state index in [1.165, 1.54) is 4.31 Å². The second-order valence-electron chi connectivity index (χ2n) is 5.06. The van der Waals surface area contributed by atoms with Gasteiger partial charge < -0.3 is 9.84 Å². The lowest BCUT2D eigenvalue weighted by Crippen LogP contribution is -2.45. The fourth-order valence-electron chi connectivity index (χ4n) is 2.48. The Morgan fingerprint density at radius 2 is 2.00 bits per heavy atom. The molecule has 1 N–H and O–H groups in total. The van der Waals surface area contributed by atoms with E-state index in [0.29, 0.717) is 19.4 Å². The van der Waals surface area contributed by atoms with Gasteiger partial charge in [0.2, 0.25) is 10.0 Å². The maximum atomic E-state index is 12.3. The van der Waals surface area contributed by atoms with Gasteiger partial charge in [-0.15, -0.1) is 0 Å². The van der Waals surface area contributed by atoms with E-state index in [1.54, 1.807) is 6.92 Å². The maximum Gasteiger partial charge on any atom is 0.306 e. The van der Waals surface area contributed by atoms with Crippen molar-refractivity contribution >= 4 is 22.0 Å². The number of sulfonamides is 1. The first-order valence-electron chi connectivity index (χ1n) is 7.23. The van der Waals surface area contributed by atoms with Crippen molar-refractivity contribution < 1.29 is 27.9 Å². The van der Waals surface area contributed by atoms with E-state index in [2.05, 4.69) is 0 Å². The SMILES string of the molecule is CCOC(=O)CCS(=O)(=O)N1CCCCC1CCC(=O)O. The molecule has 1 heterocycles. The van der Waals surface area contributed by atoms with Crippen LogP contribution in [0.2, 0.25) is 0 Å². The van der Waals surface area contributed by atoms with Gasteiger partial charge in [-0.25, -0.2) is 8.42 Å². The zero-order valence-electron chi connectivity index (χ0n) is 12.3. The minimum Gasteiger partial charge on any atom is -0.481 e. The first-order chi connectivity index (χ1) is 9.86. The van der Waals surface area contributed by atoms with Crippen LogP contribution in [-0.2, 0) is 24.3 Å². The van der Waals surface area contributed by atoms with Crippen LogP contribution in [0.4, 0.5) is 0 Å². The van der Waals surface area contributed by atoms with Crippen molar-refractivity contribution in [3.05, 3.63) is 0 Å². The second kappa shape index (κ2) is 8.33. The third-order valence-corrected chi connectivity index (χ3v) is 5.41. The molecule has 1 rings (SSSR count). The number of esters is 1. The van der Waals surface area contributed by atoms with Crippen LogP contribution in [0, 0.1) is 0 Å². The number of carbonyl (C=O) groups excluding carboxylic acids is 1. The molecular formula is C13H23NO6S. The van der Waals surface area contributed by atoms with Crippen LogP contribution in [0.5, 0.6) is 0 Å². The molecule has 7 nitrogen and oxygen atoms in total. The number of hydrogen-bond donors (Lipinski definition) is 1. The summed E-state index contributed by atoms with van der Waals surface area (Å²) in [6.45, 7) is 2.29. The number of ether oxygens (including phenoxy) is 1. The predicted molar refractivity (Wildman–Crippen MR) is 76.3 cm³/mol. The van der Waals surface area contributed by atoms with Gasteiger partial charge in [-0.05, 0) is 26.2 Å². The minimum atomic E-state index is -3.55. The number of piperidine rings is 1. The maximum absolute atomic E-state index is 12.3. The molecule has 0 bridgehead atoms. The van der Waals surface area contributed by atoms with Crippen LogP contribution in [0.15, 0.2) is 0 Å². The summed E-state index contributed by atoms with van der Waals surface area (Å²) in [6, 6.07) is -0.276. The van der Waals surface area contributed by atoms with E-state index in [0.717, 1.165) is 12.8 Å². The van der Waals surface area contributed by atoms with Gasteiger partial charge in [-0.1, -0.05) is 6.42 Å². The molecule has 8 heteroatoms. The lowest BCUT2D eigenvalue weighted by atomic mass is 10.0. The average molecular weight is 321 g/mol. The van der Waals surface area contributed by atoms with E-state index < -0.39 is 22.0 Å². The van der Waals surface area contributed by atoms with Crippen LogP contribution in [0.1, 0.15) is 45.4 Å². The molecule has 0 radical (unpaired) electrons. The molecular weight excluding hydrogens is 298 g/mol. The van der Waals surface area contributed by atoms with Crippen molar-refractivity contribution in [1.82, 2.24) is 4.31 Å². The van der Waals surface area contributed by atoms with Crippen LogP contribution in [-0.4, -0.2) is 54.7 Å². The fraction of sp³-hybridized carbons (Fsp3) is 0.846. The Morgan fingerprint density at radius 3 is 2.62 bits per heavy atom. The number of carboxylic acids is 1. The van der Waals surface area contributed by atoms with E-state index in [9.17, 15) is 18.0 Å². The molecule has 0 amide bonds. The predicted octanol–water partition coefficient (Wildman–Crippen LogP) is 0.989. The Balaban J connectivity index is 2.63. The van der Waals surface area contributed by atoms with Gasteiger partial charge in [-0.3, -0.25) is 9.59 Å². The minimum absolute atomic E-state index is 0.0471. The zero-order valence-corrected chi connectivity index (χ0v) is 13.1. The molecule has 21 heavy (non-hydrogen) atoms. The number of nitrogens with zero attached hydrogens (tertiary/aromatic N) is 1. The smallest absolute Gasteiger partial charge is 0.306 e. The lowest BCUT2D eigenvalue weighted by Gasteiger charge is -2.34. The van der Waals surface area contributed by atoms with E-state index >= 15 is 0 Å². The van der Waals surface area contributed by atoms with Crippen molar-refractivity contribution in [1.29, 1.82) is 0 Å². The first-order valence-corrected chi connectivity index (χ1v) is 8.84. The standard InChI is InChI=1S/C13H23NO6S/c1-2-20-13(17)8-10-21(18,19)14-9-4-3-5-11(14)6-7-12(15)16/h11H,2-10H2,1H3,(H,15,16). The lowest BCUT2D eigenvalue weighted by molar-refractivity contribution is -0.142. The summed E-state index contributed by atoms with van der Waals surface area (Å²) in [6.07, 6.45) is 2.43. The third kappa shape index (κ3) is 6.01. The molecule has 1 saturated heterocycles. The van der Waals surface area contributed by atoms with E-state index in [4.69, 9.17) is 9.84 Å². The summed E-state index contributed by atoms with van der Waals surface area (Å²) >= 11 is 0. The summed E-state index contributed by atoms with van der Waals surface area (Å²) in [5.41, 5.74) is 0. The highest BCUT2D eigenvalue weighted by Gasteiger charge is 2.32. The normalized spacial score (nSPS) is 20.1. The molecule has 0 aromatic carbocycles. The molecule has 122 valence electrons. The highest BCUT2D eigenvalue weighted by molar-refractivity contribution is 7.89. The topological polar surface area (TPSA) is 101 Å². The second-order valence-corrected chi connectivity index (χ2v) is 7.10. The van der Waals surface area contributed by atoms with E-state index in [1.807, 2.05) is 0 Å². The van der Waals surface area contributed by atoms with Crippen molar-refractivity contribution in [2.75, 3.05) is 18.9 Å². The summed E-state index contributed by atoms with van der Waals surface area (Å²) in [4.78, 5) is 21.9. The number of aliphatic carboxylic acids is 1. The van der Waals surface area contributed by atoms with Gasteiger partial charge in [0.05, 0.1) is 18.8 Å². The number of rotatable bonds is 8. The summed E-state index contributed by atoms with van der Waals surface area (Å²) in [5, 5.41) is 8.74. The molecule has 0 aromatic heterocycles. The van der Waals surface area contributed by atoms with Crippen molar-refractivity contribution in [2.45, 2.75) is 51.5 Å². The number of carbonyl (C=O) groups is 2. The Labute approximate surface area is 125 Å². The van der Waals surface area contributed by atoms with Gasteiger partial charge in [0.1, 0.15) is 0 Å². The summed E-state index contributed by atoms with van der Waals surface area (Å²) < 4.78 is 30.7. The van der Waals surface area contributed by atoms with Gasteiger partial charge in [0.25, 0.3) is 0 Å². The molecule has 0 aromatic rings. The Morgan fingerprint density at radius 1 is 1.29 bits per heavy atom. The monoisotopic (exact) mass is 321 g/mol. The quantitative estimate of drug-likeness (QED) is 0.669. The van der Waals surface area contributed by atoms with Crippen molar-refractivity contribution in [3.63, 3.8) is 0 Å². The third-order valence-electron chi connectivity index (χ3n) is 3.49. The highest BCUT2D eigenvalue weighted by Crippen LogP contribution is 2.24. The Hall–Kier alpha value is -1.15. The molecule has 1 fully saturated rings. The highest BCUT2D eigenvalue weighted by atomic mass is 32.2. The van der Waals surface area contributed by atoms with Gasteiger partial charge >= 0.3 is 11.9 Å². The Kier molecular flexibility index (Phi) is 7.10. The van der Waals surface area contributed by atoms with Crippen LogP contribution < -0.4 is 0 Å². The summed E-state index contributed by atoms with van der Waals surface area (Å²) in [7, 11) is -3.55. The number of hydrogen-bond acceptors (Lipinski definition) is 5. The van der Waals surface area contributed by atoms with Gasteiger partial charge in [0.15, 0.2) is 0 Å². The van der Waals surface area contributed by atoms with Gasteiger partial charge in [0, 0.05) is 19.0 Å². The molecule has 0 aliphatic carbocycles. The average Bonchev–Trinajstić information content (AvgIpc) is 2.44. The van der Waals surface area contributed by atoms with Crippen LogP contribution in [0.3, 0.4) is 0 Å². The first kappa shape index (κ1) is 17.9. The molecule has 1 aliphatic rings. The largest absolute Gasteiger partial charge is 0.481 e. The van der Waals surface area contributed by atoms with Crippen LogP contribution >= 0.6 is 0 Å². The fourth-order valence-corrected chi connectivity index (χ4v) is 4.21. The zero-order chi connectivity index (χ0) is 15.9. The van der Waals surface area contributed by atoms with Crippen LogP contribution in [0.25, 0.3) is 0 Å². The molecule has 1 atom stereocenters. The Bertz CT molecular complexity index is 461. The molecule has 0 saturated carbocycles. The molecule has 1 unspecified atom stereocenters.